The largest absolute Gasteiger partial charge is 0.422 e. The molecule has 9 nitrogen and oxygen atoms in total. The van der Waals surface area contributed by atoms with Crippen LogP contribution in [0.1, 0.15) is 37.0 Å². The molecule has 4 heterocycles. The summed E-state index contributed by atoms with van der Waals surface area (Å²) in [7, 11) is 0. The molecule has 33 heavy (non-hydrogen) atoms. The number of hydrogen-bond acceptors (Lipinski definition) is 8. The van der Waals surface area contributed by atoms with Gasteiger partial charge in [-0.3, -0.25) is 4.79 Å². The molecule has 0 spiro atoms. The minimum Gasteiger partial charge on any atom is -0.422 e. The normalized spacial score (nSPS) is 14.8. The molecule has 0 N–H and O–H groups in total. The molecule has 0 radical (unpaired) electrons. The molecule has 0 saturated carbocycles. The maximum Gasteiger partial charge on any atom is 0.300 e. The van der Waals surface area contributed by atoms with Crippen molar-refractivity contribution < 1.29 is 13.7 Å². The molecule has 0 unspecified atom stereocenters. The fourth-order valence-corrected chi connectivity index (χ4v) is 4.02. The SMILES string of the molecule is CC(C)(C)c1nc(-c2ccc(C(=O)N3CCN(c4nc5nc(I)ccc5o4)CC3)cc2)no1. The zero-order valence-electron chi connectivity index (χ0n) is 18.6. The molecular formula is C23H23IN6O3. The van der Waals surface area contributed by atoms with Crippen molar-refractivity contribution >= 4 is 45.7 Å². The quantitative estimate of drug-likeness (QED) is 0.273. The van der Waals surface area contributed by atoms with Crippen molar-refractivity contribution in [2.24, 2.45) is 0 Å². The average molecular weight is 558 g/mol. The zero-order chi connectivity index (χ0) is 23.2. The van der Waals surface area contributed by atoms with E-state index in [1.807, 2.05) is 67.0 Å². The minimum atomic E-state index is -0.212. The fourth-order valence-electron chi connectivity index (χ4n) is 3.61. The van der Waals surface area contributed by atoms with Crippen LogP contribution in [0.2, 0.25) is 0 Å². The number of anilines is 1. The lowest BCUT2D eigenvalue weighted by atomic mass is 9.97. The Labute approximate surface area is 204 Å². The van der Waals surface area contributed by atoms with Gasteiger partial charge in [0.2, 0.25) is 17.4 Å². The molecule has 10 heteroatoms. The van der Waals surface area contributed by atoms with E-state index in [1.165, 1.54) is 0 Å². The molecule has 1 aliphatic rings. The Balaban J connectivity index is 1.23. The van der Waals surface area contributed by atoms with Gasteiger partial charge in [0.25, 0.3) is 11.9 Å². The van der Waals surface area contributed by atoms with E-state index < -0.39 is 0 Å². The summed E-state index contributed by atoms with van der Waals surface area (Å²) in [6.45, 7) is 8.53. The Bertz CT molecular complexity index is 1300. The van der Waals surface area contributed by atoms with Crippen molar-refractivity contribution in [1.29, 1.82) is 0 Å². The first kappa shape index (κ1) is 21.8. The third kappa shape index (κ3) is 4.43. The van der Waals surface area contributed by atoms with Crippen molar-refractivity contribution in [3.63, 3.8) is 0 Å². The van der Waals surface area contributed by atoms with Crippen LogP contribution in [0.3, 0.4) is 0 Å². The molecule has 0 atom stereocenters. The highest BCUT2D eigenvalue weighted by atomic mass is 127. The number of piperazine rings is 1. The predicted molar refractivity (Wildman–Crippen MR) is 131 cm³/mol. The third-order valence-corrected chi connectivity index (χ3v) is 6.10. The van der Waals surface area contributed by atoms with Crippen molar-refractivity contribution in [1.82, 2.24) is 25.0 Å². The molecule has 1 amide bonds. The highest BCUT2D eigenvalue weighted by Crippen LogP contribution is 2.25. The molecule has 1 aromatic carbocycles. The van der Waals surface area contributed by atoms with Gasteiger partial charge < -0.3 is 18.7 Å². The second-order valence-electron chi connectivity index (χ2n) is 8.98. The first-order valence-corrected chi connectivity index (χ1v) is 11.8. The summed E-state index contributed by atoms with van der Waals surface area (Å²) < 4.78 is 12.1. The van der Waals surface area contributed by atoms with E-state index in [0.29, 0.717) is 60.7 Å². The summed E-state index contributed by atoms with van der Waals surface area (Å²) in [5.41, 5.74) is 2.50. The van der Waals surface area contributed by atoms with Crippen LogP contribution in [0.4, 0.5) is 6.01 Å². The molecule has 1 aliphatic heterocycles. The maximum atomic E-state index is 13.0. The number of nitrogens with zero attached hydrogens (tertiary/aromatic N) is 6. The summed E-state index contributed by atoms with van der Waals surface area (Å²) in [6.07, 6.45) is 0. The Hall–Kier alpha value is -3.02. The van der Waals surface area contributed by atoms with Gasteiger partial charge in [0.05, 0.1) is 0 Å². The molecule has 1 fully saturated rings. The smallest absolute Gasteiger partial charge is 0.300 e. The van der Waals surface area contributed by atoms with Crippen LogP contribution in [0.15, 0.2) is 45.3 Å². The van der Waals surface area contributed by atoms with Gasteiger partial charge in [0.1, 0.15) is 3.70 Å². The van der Waals surface area contributed by atoms with E-state index >= 15 is 0 Å². The van der Waals surface area contributed by atoms with Crippen LogP contribution in [0, 0.1) is 3.70 Å². The summed E-state index contributed by atoms with van der Waals surface area (Å²) in [4.78, 5) is 30.3. The van der Waals surface area contributed by atoms with Gasteiger partial charge in [0, 0.05) is 42.7 Å². The summed E-state index contributed by atoms with van der Waals surface area (Å²) in [5, 5.41) is 4.07. The van der Waals surface area contributed by atoms with Gasteiger partial charge in [-0.15, -0.1) is 0 Å². The molecule has 3 aromatic heterocycles. The Morgan fingerprint density at radius 1 is 0.970 bits per heavy atom. The van der Waals surface area contributed by atoms with E-state index in [2.05, 4.69) is 42.7 Å². The van der Waals surface area contributed by atoms with Gasteiger partial charge >= 0.3 is 0 Å². The summed E-state index contributed by atoms with van der Waals surface area (Å²) in [5.74, 6) is 1.11. The van der Waals surface area contributed by atoms with Crippen LogP contribution >= 0.6 is 22.6 Å². The van der Waals surface area contributed by atoms with Crippen LogP contribution in [0.25, 0.3) is 22.6 Å². The van der Waals surface area contributed by atoms with Crippen molar-refractivity contribution in [3.8, 4) is 11.4 Å². The second-order valence-corrected chi connectivity index (χ2v) is 10.1. The average Bonchev–Trinajstić information content (AvgIpc) is 3.46. The number of rotatable bonds is 3. The molecule has 170 valence electrons. The number of oxazole rings is 1. The third-order valence-electron chi connectivity index (χ3n) is 5.50. The standard InChI is InChI=1S/C23H23IN6O3/c1-23(2,3)21-26-18(28-33-21)14-4-6-15(7-5-14)20(31)29-10-12-30(13-11-29)22-27-19-16(32-22)8-9-17(24)25-19/h4-9H,10-13H2,1-3H3. The van der Waals surface area contributed by atoms with Gasteiger partial charge in [-0.05, 0) is 46.9 Å². The van der Waals surface area contributed by atoms with Crippen molar-refractivity contribution in [2.75, 3.05) is 31.1 Å². The highest BCUT2D eigenvalue weighted by molar-refractivity contribution is 14.1. The molecular weight excluding hydrogens is 535 g/mol. The monoisotopic (exact) mass is 558 g/mol. The van der Waals surface area contributed by atoms with Gasteiger partial charge in [-0.2, -0.15) is 9.97 Å². The van der Waals surface area contributed by atoms with E-state index in [-0.39, 0.29) is 11.3 Å². The summed E-state index contributed by atoms with van der Waals surface area (Å²) >= 11 is 2.15. The van der Waals surface area contributed by atoms with Gasteiger partial charge in [0.15, 0.2) is 5.58 Å². The van der Waals surface area contributed by atoms with Crippen LogP contribution in [-0.2, 0) is 5.41 Å². The zero-order valence-corrected chi connectivity index (χ0v) is 20.7. The van der Waals surface area contributed by atoms with E-state index in [9.17, 15) is 4.79 Å². The number of fused-ring (bicyclic) bond motifs is 1. The maximum absolute atomic E-state index is 13.0. The number of amides is 1. The molecule has 4 aromatic rings. The second kappa shape index (κ2) is 8.40. The number of aromatic nitrogens is 4. The Morgan fingerprint density at radius 2 is 1.70 bits per heavy atom. The lowest BCUT2D eigenvalue weighted by molar-refractivity contribution is 0.0745. The summed E-state index contributed by atoms with van der Waals surface area (Å²) in [6, 6.07) is 11.6. The number of benzene rings is 1. The minimum absolute atomic E-state index is 0.00141. The molecule has 0 aliphatic carbocycles. The lowest BCUT2D eigenvalue weighted by Crippen LogP contribution is -2.48. The first-order chi connectivity index (χ1) is 15.8. The topological polar surface area (TPSA) is 101 Å². The van der Waals surface area contributed by atoms with Gasteiger partial charge in [-0.25, -0.2) is 4.98 Å². The fraction of sp³-hybridized carbons (Fsp3) is 0.348. The van der Waals surface area contributed by atoms with E-state index in [0.717, 1.165) is 9.26 Å². The number of pyridine rings is 1. The van der Waals surface area contributed by atoms with Crippen LogP contribution in [-0.4, -0.2) is 57.1 Å². The van der Waals surface area contributed by atoms with E-state index in [4.69, 9.17) is 8.94 Å². The predicted octanol–water partition coefficient (Wildman–Crippen LogP) is 4.14. The van der Waals surface area contributed by atoms with Crippen LogP contribution < -0.4 is 4.90 Å². The highest BCUT2D eigenvalue weighted by Gasteiger charge is 2.26. The van der Waals surface area contributed by atoms with E-state index in [1.54, 1.807) is 0 Å². The molecule has 1 saturated heterocycles. The number of carbonyl (C=O) groups excluding carboxylic acids is 1. The first-order valence-electron chi connectivity index (χ1n) is 10.7. The number of halogens is 1. The number of hydrogen-bond donors (Lipinski definition) is 0. The number of carbonyl (C=O) groups is 1. The Morgan fingerprint density at radius 3 is 2.36 bits per heavy atom. The Kier molecular flexibility index (Phi) is 5.55. The van der Waals surface area contributed by atoms with Crippen molar-refractivity contribution in [2.45, 2.75) is 26.2 Å². The molecule has 0 bridgehead atoms. The van der Waals surface area contributed by atoms with Crippen molar-refractivity contribution in [3.05, 3.63) is 51.6 Å². The van der Waals surface area contributed by atoms with Crippen LogP contribution in [0.5, 0.6) is 0 Å². The molecule has 5 rings (SSSR count). The van der Waals surface area contributed by atoms with Gasteiger partial charge in [-0.1, -0.05) is 38.1 Å². The lowest BCUT2D eigenvalue weighted by Gasteiger charge is -2.33.